The van der Waals surface area contributed by atoms with Gasteiger partial charge >= 0.3 is 0 Å². The van der Waals surface area contributed by atoms with Gasteiger partial charge in [0.15, 0.2) is 0 Å². The highest BCUT2D eigenvalue weighted by molar-refractivity contribution is 5.78. The van der Waals surface area contributed by atoms with Crippen molar-refractivity contribution in [3.63, 3.8) is 0 Å². The molecule has 0 saturated carbocycles. The molecule has 0 heterocycles. The van der Waals surface area contributed by atoms with Crippen molar-refractivity contribution >= 4 is 5.91 Å². The van der Waals surface area contributed by atoms with Crippen molar-refractivity contribution in [1.29, 1.82) is 0 Å². The first-order chi connectivity index (χ1) is 6.97. The van der Waals surface area contributed by atoms with Gasteiger partial charge in [-0.3, -0.25) is 4.79 Å². The molecule has 0 bridgehead atoms. The Morgan fingerprint density at radius 1 is 1.33 bits per heavy atom. The van der Waals surface area contributed by atoms with Crippen LogP contribution in [-0.4, -0.2) is 36.2 Å². The van der Waals surface area contributed by atoms with Gasteiger partial charge in [-0.2, -0.15) is 0 Å². The summed E-state index contributed by atoms with van der Waals surface area (Å²) in [4.78, 5) is 11.6. The fourth-order valence-electron chi connectivity index (χ4n) is 1.41. The van der Waals surface area contributed by atoms with Crippen LogP contribution in [0.25, 0.3) is 0 Å². The molecule has 3 unspecified atom stereocenters. The summed E-state index contributed by atoms with van der Waals surface area (Å²) in [7, 11) is 0. The van der Waals surface area contributed by atoms with Crippen LogP contribution in [0.1, 0.15) is 34.1 Å². The maximum absolute atomic E-state index is 11.6. The highest BCUT2D eigenvalue weighted by Gasteiger charge is 2.15. The normalized spacial score (nSPS) is 16.9. The Balaban J connectivity index is 3.80. The monoisotopic (exact) mass is 216 g/mol. The number of hydrogen-bond donors (Lipinski definition) is 3. The summed E-state index contributed by atoms with van der Waals surface area (Å²) in [6.45, 7) is 9.12. The summed E-state index contributed by atoms with van der Waals surface area (Å²) < 4.78 is 0. The predicted octanol–water partition coefficient (Wildman–Crippen LogP) is 0.508. The molecule has 0 aliphatic heterocycles. The number of amides is 1. The average Bonchev–Trinajstić information content (AvgIpc) is 2.12. The Morgan fingerprint density at radius 2 is 1.93 bits per heavy atom. The third-order valence-electron chi connectivity index (χ3n) is 2.23. The van der Waals surface area contributed by atoms with Crippen LogP contribution in [0, 0.1) is 5.92 Å². The van der Waals surface area contributed by atoms with Crippen LogP contribution in [0.5, 0.6) is 0 Å². The minimum Gasteiger partial charge on any atom is -0.393 e. The molecule has 3 N–H and O–H groups in total. The van der Waals surface area contributed by atoms with Gasteiger partial charge in [0.25, 0.3) is 0 Å². The van der Waals surface area contributed by atoms with Gasteiger partial charge in [-0.05, 0) is 26.8 Å². The molecule has 90 valence electrons. The second-order valence-corrected chi connectivity index (χ2v) is 4.20. The van der Waals surface area contributed by atoms with Crippen LogP contribution in [0.4, 0.5) is 0 Å². The number of carbonyl (C=O) groups is 1. The summed E-state index contributed by atoms with van der Waals surface area (Å²) >= 11 is 0. The predicted molar refractivity (Wildman–Crippen MR) is 61.6 cm³/mol. The number of nitrogens with one attached hydrogen (secondary N) is 2. The quantitative estimate of drug-likeness (QED) is 0.581. The summed E-state index contributed by atoms with van der Waals surface area (Å²) in [6.07, 6.45) is 0.226. The fourth-order valence-corrected chi connectivity index (χ4v) is 1.41. The minimum absolute atomic E-state index is 0.0265. The topological polar surface area (TPSA) is 61.4 Å². The Labute approximate surface area is 92.4 Å². The van der Waals surface area contributed by atoms with E-state index in [4.69, 9.17) is 5.11 Å². The number of aliphatic hydroxyl groups is 1. The molecular weight excluding hydrogens is 192 g/mol. The van der Waals surface area contributed by atoms with Gasteiger partial charge in [-0.25, -0.2) is 0 Å². The molecular formula is C11H24N2O2. The van der Waals surface area contributed by atoms with E-state index in [0.29, 0.717) is 13.0 Å². The van der Waals surface area contributed by atoms with Crippen molar-refractivity contribution in [2.45, 2.75) is 46.3 Å². The summed E-state index contributed by atoms with van der Waals surface area (Å²) in [5.41, 5.74) is 0. The molecule has 0 aromatic heterocycles. The molecule has 0 fully saturated rings. The lowest BCUT2D eigenvalue weighted by Crippen LogP contribution is -2.40. The van der Waals surface area contributed by atoms with E-state index in [1.54, 1.807) is 6.92 Å². The van der Waals surface area contributed by atoms with E-state index in [0.717, 1.165) is 6.54 Å². The summed E-state index contributed by atoms with van der Waals surface area (Å²) in [6, 6.07) is 0.0292. The van der Waals surface area contributed by atoms with Crippen LogP contribution in [0.15, 0.2) is 0 Å². The molecule has 15 heavy (non-hydrogen) atoms. The van der Waals surface area contributed by atoms with Crippen LogP contribution in [-0.2, 0) is 4.79 Å². The second kappa shape index (κ2) is 7.65. The Bertz CT molecular complexity index is 183. The van der Waals surface area contributed by atoms with Gasteiger partial charge in [0, 0.05) is 18.5 Å². The van der Waals surface area contributed by atoms with Gasteiger partial charge in [0.1, 0.15) is 0 Å². The highest BCUT2D eigenvalue weighted by atomic mass is 16.3. The standard InChI is InChI=1S/C11H24N2O2/c1-5-12-7-8(2)11(15)13-9(3)6-10(4)14/h8-10,12,14H,5-7H2,1-4H3,(H,13,15). The molecule has 0 spiro atoms. The molecule has 3 atom stereocenters. The molecule has 4 heteroatoms. The Kier molecular flexibility index (Phi) is 7.34. The van der Waals surface area contributed by atoms with E-state index in [2.05, 4.69) is 10.6 Å². The number of carbonyl (C=O) groups excluding carboxylic acids is 1. The number of aliphatic hydroxyl groups excluding tert-OH is 1. The van der Waals surface area contributed by atoms with Crippen LogP contribution in [0.2, 0.25) is 0 Å². The van der Waals surface area contributed by atoms with Crippen molar-refractivity contribution in [2.75, 3.05) is 13.1 Å². The van der Waals surface area contributed by atoms with Crippen LogP contribution >= 0.6 is 0 Å². The maximum Gasteiger partial charge on any atom is 0.224 e. The molecule has 0 aliphatic rings. The van der Waals surface area contributed by atoms with Crippen molar-refractivity contribution in [3.05, 3.63) is 0 Å². The molecule has 0 aromatic carbocycles. The minimum atomic E-state index is -0.371. The molecule has 1 amide bonds. The molecule has 0 aliphatic carbocycles. The van der Waals surface area contributed by atoms with Gasteiger partial charge < -0.3 is 15.7 Å². The third kappa shape index (κ3) is 7.33. The van der Waals surface area contributed by atoms with Gasteiger partial charge in [-0.15, -0.1) is 0 Å². The van der Waals surface area contributed by atoms with Crippen LogP contribution < -0.4 is 10.6 Å². The smallest absolute Gasteiger partial charge is 0.224 e. The van der Waals surface area contributed by atoms with E-state index in [-0.39, 0.29) is 24.0 Å². The third-order valence-corrected chi connectivity index (χ3v) is 2.23. The number of hydrogen-bond acceptors (Lipinski definition) is 3. The molecule has 4 nitrogen and oxygen atoms in total. The lowest BCUT2D eigenvalue weighted by molar-refractivity contribution is -0.125. The fraction of sp³-hybridized carbons (Fsp3) is 0.909. The Hall–Kier alpha value is -0.610. The van der Waals surface area contributed by atoms with E-state index in [9.17, 15) is 4.79 Å². The zero-order valence-electron chi connectivity index (χ0n) is 10.2. The second-order valence-electron chi connectivity index (χ2n) is 4.20. The molecule has 0 saturated heterocycles. The largest absolute Gasteiger partial charge is 0.393 e. The van der Waals surface area contributed by atoms with Crippen molar-refractivity contribution in [2.24, 2.45) is 5.92 Å². The van der Waals surface area contributed by atoms with E-state index in [1.807, 2.05) is 20.8 Å². The van der Waals surface area contributed by atoms with E-state index < -0.39 is 0 Å². The molecule has 0 aromatic rings. The Morgan fingerprint density at radius 3 is 2.40 bits per heavy atom. The van der Waals surface area contributed by atoms with E-state index in [1.165, 1.54) is 0 Å². The van der Waals surface area contributed by atoms with E-state index >= 15 is 0 Å². The average molecular weight is 216 g/mol. The van der Waals surface area contributed by atoms with Crippen LogP contribution in [0.3, 0.4) is 0 Å². The zero-order chi connectivity index (χ0) is 11.8. The summed E-state index contributed by atoms with van der Waals surface area (Å²) in [5.74, 6) is 0.0190. The first-order valence-electron chi connectivity index (χ1n) is 5.66. The van der Waals surface area contributed by atoms with Gasteiger partial charge in [0.05, 0.1) is 6.10 Å². The van der Waals surface area contributed by atoms with Crippen molar-refractivity contribution in [3.8, 4) is 0 Å². The lowest BCUT2D eigenvalue weighted by atomic mass is 10.1. The summed E-state index contributed by atoms with van der Waals surface area (Å²) in [5, 5.41) is 15.2. The molecule has 0 radical (unpaired) electrons. The first-order valence-corrected chi connectivity index (χ1v) is 5.66. The molecule has 0 rings (SSSR count). The van der Waals surface area contributed by atoms with Gasteiger partial charge in [-0.1, -0.05) is 13.8 Å². The maximum atomic E-state index is 11.6. The lowest BCUT2D eigenvalue weighted by Gasteiger charge is -2.18. The first kappa shape index (κ1) is 14.4. The van der Waals surface area contributed by atoms with Crippen molar-refractivity contribution < 1.29 is 9.90 Å². The highest BCUT2D eigenvalue weighted by Crippen LogP contribution is 1.99. The SMILES string of the molecule is CCNCC(C)C(=O)NC(C)CC(C)O. The van der Waals surface area contributed by atoms with Crippen molar-refractivity contribution in [1.82, 2.24) is 10.6 Å². The zero-order valence-corrected chi connectivity index (χ0v) is 10.2. The number of rotatable bonds is 7. The van der Waals surface area contributed by atoms with Gasteiger partial charge in [0.2, 0.25) is 5.91 Å².